The zero-order valence-corrected chi connectivity index (χ0v) is 14.8. The predicted octanol–water partition coefficient (Wildman–Crippen LogP) is 4.69. The largest absolute Gasteiger partial charge is 0.489 e. The van der Waals surface area contributed by atoms with Gasteiger partial charge in [0, 0.05) is 17.7 Å². The lowest BCUT2D eigenvalue weighted by Crippen LogP contribution is -2.17. The molecule has 6 heteroatoms. The van der Waals surface area contributed by atoms with Crippen LogP contribution in [0.4, 0.5) is 10.1 Å². The normalized spacial score (nSPS) is 16.8. The van der Waals surface area contributed by atoms with Crippen molar-refractivity contribution in [1.82, 2.24) is 0 Å². The maximum atomic E-state index is 13.2. The Morgan fingerprint density at radius 2 is 2.23 bits per heavy atom. The van der Waals surface area contributed by atoms with Crippen molar-refractivity contribution in [1.29, 1.82) is 0 Å². The Balaban J connectivity index is 1.65. The summed E-state index contributed by atoms with van der Waals surface area (Å²) < 4.78 is 24.5. The lowest BCUT2D eigenvalue weighted by atomic mass is 10.2. The first-order chi connectivity index (χ1) is 12.6. The van der Waals surface area contributed by atoms with Crippen molar-refractivity contribution < 1.29 is 18.7 Å². The van der Waals surface area contributed by atoms with Crippen LogP contribution in [0.2, 0.25) is 5.02 Å². The molecule has 1 fully saturated rings. The molecule has 1 atom stereocenters. The number of carbonyl (C=O) groups is 1. The molecule has 1 saturated heterocycles. The van der Waals surface area contributed by atoms with Crippen molar-refractivity contribution >= 4 is 29.3 Å². The number of anilines is 1. The quantitative estimate of drug-likeness (QED) is 0.745. The molecule has 0 aromatic heterocycles. The highest BCUT2D eigenvalue weighted by atomic mass is 35.5. The molecular formula is C20H19ClFNO3. The molecule has 3 rings (SSSR count). The zero-order valence-electron chi connectivity index (χ0n) is 14.1. The number of hydrogen-bond donors (Lipinski definition) is 1. The minimum Gasteiger partial charge on any atom is -0.489 e. The maximum Gasteiger partial charge on any atom is 0.248 e. The average molecular weight is 376 g/mol. The molecule has 0 bridgehead atoms. The molecule has 26 heavy (non-hydrogen) atoms. The van der Waals surface area contributed by atoms with Gasteiger partial charge < -0.3 is 14.8 Å². The van der Waals surface area contributed by atoms with Crippen LogP contribution in [0.25, 0.3) is 6.08 Å². The van der Waals surface area contributed by atoms with Crippen LogP contribution in [0.5, 0.6) is 5.75 Å². The lowest BCUT2D eigenvalue weighted by Gasteiger charge is -2.15. The van der Waals surface area contributed by atoms with E-state index < -0.39 is 0 Å². The maximum absolute atomic E-state index is 13.2. The van der Waals surface area contributed by atoms with E-state index in [9.17, 15) is 9.18 Å². The number of benzene rings is 2. The molecule has 1 heterocycles. The number of nitrogens with one attached hydrogen (secondary N) is 1. The number of carbonyl (C=O) groups excluding carboxylic acids is 1. The third-order valence-corrected chi connectivity index (χ3v) is 4.16. The number of ether oxygens (including phenoxy) is 2. The molecule has 1 aliphatic heterocycles. The summed E-state index contributed by atoms with van der Waals surface area (Å²) in [6.45, 7) is 1.17. The summed E-state index contributed by atoms with van der Waals surface area (Å²) in [6.07, 6.45) is 4.94. The summed E-state index contributed by atoms with van der Waals surface area (Å²) in [5.41, 5.74) is 1.07. The number of hydrogen-bond acceptors (Lipinski definition) is 3. The highest BCUT2D eigenvalue weighted by molar-refractivity contribution is 6.31. The lowest BCUT2D eigenvalue weighted by molar-refractivity contribution is -0.111. The first-order valence-electron chi connectivity index (χ1n) is 8.39. The van der Waals surface area contributed by atoms with Crippen LogP contribution >= 0.6 is 11.6 Å². The van der Waals surface area contributed by atoms with Crippen molar-refractivity contribution in [2.75, 3.05) is 18.5 Å². The molecule has 0 radical (unpaired) electrons. The van der Waals surface area contributed by atoms with Gasteiger partial charge in [0.15, 0.2) is 0 Å². The number of amides is 1. The second-order valence-corrected chi connectivity index (χ2v) is 6.40. The van der Waals surface area contributed by atoms with Crippen LogP contribution in [0.15, 0.2) is 48.5 Å². The van der Waals surface area contributed by atoms with E-state index in [1.807, 2.05) is 0 Å². The SMILES string of the molecule is O=C(/C=C/c1cccc(F)c1)Nc1cc(Cl)ccc1OCC1CCCO1. The van der Waals surface area contributed by atoms with Crippen molar-refractivity contribution in [3.63, 3.8) is 0 Å². The first-order valence-corrected chi connectivity index (χ1v) is 8.76. The summed E-state index contributed by atoms with van der Waals surface area (Å²) in [5, 5.41) is 3.23. The second kappa shape index (κ2) is 8.83. The molecular weight excluding hydrogens is 357 g/mol. The molecule has 2 aromatic carbocycles. The predicted molar refractivity (Wildman–Crippen MR) is 100.0 cm³/mol. The van der Waals surface area contributed by atoms with E-state index in [0.29, 0.717) is 28.6 Å². The molecule has 4 nitrogen and oxygen atoms in total. The number of rotatable bonds is 6. The smallest absolute Gasteiger partial charge is 0.248 e. The summed E-state index contributed by atoms with van der Waals surface area (Å²) in [5.74, 6) is -0.192. The Hall–Kier alpha value is -2.37. The van der Waals surface area contributed by atoms with Gasteiger partial charge in [-0.15, -0.1) is 0 Å². The third-order valence-electron chi connectivity index (χ3n) is 3.92. The Labute approximate surface area is 156 Å². The molecule has 1 N–H and O–H groups in total. The highest BCUT2D eigenvalue weighted by Gasteiger charge is 2.17. The summed E-state index contributed by atoms with van der Waals surface area (Å²) in [4.78, 5) is 12.2. The number of halogens is 2. The zero-order chi connectivity index (χ0) is 18.4. The van der Waals surface area contributed by atoms with Crippen molar-refractivity contribution in [2.24, 2.45) is 0 Å². The molecule has 0 aliphatic carbocycles. The van der Waals surface area contributed by atoms with Gasteiger partial charge in [0.2, 0.25) is 5.91 Å². The van der Waals surface area contributed by atoms with Crippen LogP contribution < -0.4 is 10.1 Å². The standard InChI is InChI=1S/C20H19ClFNO3/c21-15-7-8-19(26-13-17-5-2-10-25-17)18(12-15)23-20(24)9-6-14-3-1-4-16(22)11-14/h1,3-4,6-9,11-12,17H,2,5,10,13H2,(H,23,24)/b9-6+. The Morgan fingerprint density at radius 3 is 3.00 bits per heavy atom. The van der Waals surface area contributed by atoms with Crippen molar-refractivity contribution in [3.8, 4) is 5.75 Å². The summed E-state index contributed by atoms with van der Waals surface area (Å²) in [6, 6.07) is 11.0. The summed E-state index contributed by atoms with van der Waals surface area (Å²) >= 11 is 6.03. The van der Waals surface area contributed by atoms with E-state index in [0.717, 1.165) is 19.4 Å². The molecule has 0 spiro atoms. The van der Waals surface area contributed by atoms with Crippen LogP contribution in [-0.4, -0.2) is 25.2 Å². The molecule has 1 unspecified atom stereocenters. The van der Waals surface area contributed by atoms with Gasteiger partial charge in [-0.25, -0.2) is 4.39 Å². The van der Waals surface area contributed by atoms with Gasteiger partial charge in [-0.1, -0.05) is 23.7 Å². The fraction of sp³-hybridized carbons (Fsp3) is 0.250. The highest BCUT2D eigenvalue weighted by Crippen LogP contribution is 2.29. The van der Waals surface area contributed by atoms with Gasteiger partial charge in [-0.3, -0.25) is 4.79 Å². The van der Waals surface area contributed by atoms with E-state index in [1.165, 1.54) is 24.3 Å². The van der Waals surface area contributed by atoms with E-state index >= 15 is 0 Å². The topological polar surface area (TPSA) is 47.6 Å². The first kappa shape index (κ1) is 18.4. The summed E-state index contributed by atoms with van der Waals surface area (Å²) in [7, 11) is 0. The van der Waals surface area contributed by atoms with Gasteiger partial charge >= 0.3 is 0 Å². The van der Waals surface area contributed by atoms with Gasteiger partial charge in [-0.2, -0.15) is 0 Å². The molecule has 0 saturated carbocycles. The Kier molecular flexibility index (Phi) is 6.26. The fourth-order valence-electron chi connectivity index (χ4n) is 2.64. The molecule has 1 aliphatic rings. The molecule has 1 amide bonds. The fourth-order valence-corrected chi connectivity index (χ4v) is 2.81. The average Bonchev–Trinajstić information content (AvgIpc) is 3.13. The van der Waals surface area contributed by atoms with Crippen LogP contribution in [-0.2, 0) is 9.53 Å². The van der Waals surface area contributed by atoms with Gasteiger partial charge in [0.05, 0.1) is 11.8 Å². The monoisotopic (exact) mass is 375 g/mol. The van der Waals surface area contributed by atoms with E-state index in [1.54, 1.807) is 30.3 Å². The Bertz CT molecular complexity index is 803. The third kappa shape index (κ3) is 5.31. The van der Waals surface area contributed by atoms with Crippen molar-refractivity contribution in [3.05, 3.63) is 64.9 Å². The Morgan fingerprint density at radius 1 is 1.35 bits per heavy atom. The van der Waals surface area contributed by atoms with Gasteiger partial charge in [0.25, 0.3) is 0 Å². The molecule has 2 aromatic rings. The van der Waals surface area contributed by atoms with Crippen LogP contribution in [0.1, 0.15) is 18.4 Å². The van der Waals surface area contributed by atoms with Crippen LogP contribution in [0, 0.1) is 5.82 Å². The van der Waals surface area contributed by atoms with Gasteiger partial charge in [-0.05, 0) is 54.8 Å². The van der Waals surface area contributed by atoms with E-state index in [-0.39, 0.29) is 17.8 Å². The van der Waals surface area contributed by atoms with E-state index in [4.69, 9.17) is 21.1 Å². The minimum atomic E-state index is -0.363. The van der Waals surface area contributed by atoms with Crippen LogP contribution in [0.3, 0.4) is 0 Å². The van der Waals surface area contributed by atoms with Crippen molar-refractivity contribution in [2.45, 2.75) is 18.9 Å². The molecule has 136 valence electrons. The minimum absolute atomic E-state index is 0.0714. The second-order valence-electron chi connectivity index (χ2n) is 5.96. The van der Waals surface area contributed by atoms with Gasteiger partial charge in [0.1, 0.15) is 18.2 Å². The van der Waals surface area contributed by atoms with E-state index in [2.05, 4.69) is 5.32 Å².